The van der Waals surface area contributed by atoms with Crippen LogP contribution < -0.4 is 16.6 Å². The average Bonchev–Trinajstić information content (AvgIpc) is 2.85. The molecule has 0 saturated carbocycles. The van der Waals surface area contributed by atoms with Crippen molar-refractivity contribution in [2.45, 2.75) is 26.4 Å². The topological polar surface area (TPSA) is 68.9 Å². The van der Waals surface area contributed by atoms with E-state index in [9.17, 15) is 9.59 Å². The highest BCUT2D eigenvalue weighted by Crippen LogP contribution is 2.17. The van der Waals surface area contributed by atoms with E-state index in [1.807, 2.05) is 19.2 Å². The Labute approximate surface area is 120 Å². The molecule has 20 heavy (non-hydrogen) atoms. The monoisotopic (exact) mass is 294 g/mol. The van der Waals surface area contributed by atoms with E-state index in [-0.39, 0.29) is 17.3 Å². The molecule has 1 atom stereocenters. The van der Waals surface area contributed by atoms with Crippen LogP contribution >= 0.6 is 11.3 Å². The summed E-state index contributed by atoms with van der Waals surface area (Å²) in [7, 11) is 3.14. The zero-order chi connectivity index (χ0) is 14.9. The smallest absolute Gasteiger partial charge is 0.303 e. The number of hydrogen-bond acceptors (Lipinski definition) is 5. The van der Waals surface area contributed by atoms with Gasteiger partial charge < -0.3 is 5.32 Å². The van der Waals surface area contributed by atoms with Gasteiger partial charge in [-0.15, -0.1) is 11.3 Å². The van der Waals surface area contributed by atoms with E-state index in [1.54, 1.807) is 18.4 Å². The summed E-state index contributed by atoms with van der Waals surface area (Å²) >= 11 is 1.60. The van der Waals surface area contributed by atoms with Crippen LogP contribution in [0.25, 0.3) is 0 Å². The molecule has 0 saturated heterocycles. The van der Waals surface area contributed by atoms with Crippen molar-refractivity contribution in [1.29, 1.82) is 0 Å². The van der Waals surface area contributed by atoms with E-state index in [0.29, 0.717) is 12.2 Å². The summed E-state index contributed by atoms with van der Waals surface area (Å²) in [5.41, 5.74) is 1.06. The van der Waals surface area contributed by atoms with Crippen LogP contribution in [0.3, 0.4) is 0 Å². The van der Waals surface area contributed by atoms with Gasteiger partial charge in [0, 0.05) is 43.5 Å². The second-order valence-corrected chi connectivity index (χ2v) is 5.69. The third kappa shape index (κ3) is 2.88. The van der Waals surface area contributed by atoms with Crippen molar-refractivity contribution in [3.63, 3.8) is 0 Å². The summed E-state index contributed by atoms with van der Waals surface area (Å²) in [4.78, 5) is 27.9. The first kappa shape index (κ1) is 14.7. The molecule has 0 aliphatic heterocycles. The third-order valence-corrected chi connectivity index (χ3v) is 4.37. The van der Waals surface area contributed by atoms with Gasteiger partial charge in [0.1, 0.15) is 5.01 Å². The minimum atomic E-state index is -0.313. The quantitative estimate of drug-likeness (QED) is 0.901. The molecule has 0 radical (unpaired) electrons. The Hall–Kier alpha value is -1.73. The molecular weight excluding hydrogens is 276 g/mol. The molecule has 0 aromatic carbocycles. The zero-order valence-corrected chi connectivity index (χ0v) is 12.8. The number of rotatable bonds is 4. The molecule has 1 unspecified atom stereocenters. The summed E-state index contributed by atoms with van der Waals surface area (Å²) in [6.07, 6.45) is 0. The summed E-state index contributed by atoms with van der Waals surface area (Å²) in [5, 5.41) is 6.28. The SMILES string of the molecule is Cc1csc(C(C)NCc2cc(=O)n(C)c(=O)n2C)n1. The van der Waals surface area contributed by atoms with Crippen molar-refractivity contribution < 1.29 is 0 Å². The highest BCUT2D eigenvalue weighted by molar-refractivity contribution is 7.09. The predicted octanol–water partition coefficient (Wildman–Crippen LogP) is 0.700. The second-order valence-electron chi connectivity index (χ2n) is 4.80. The van der Waals surface area contributed by atoms with Crippen LogP contribution in [0, 0.1) is 6.92 Å². The molecule has 108 valence electrons. The predicted molar refractivity (Wildman–Crippen MR) is 79.0 cm³/mol. The van der Waals surface area contributed by atoms with Gasteiger partial charge >= 0.3 is 5.69 Å². The molecule has 0 fully saturated rings. The number of nitrogens with one attached hydrogen (secondary N) is 1. The lowest BCUT2D eigenvalue weighted by Gasteiger charge is -2.14. The fourth-order valence-corrected chi connectivity index (χ4v) is 2.69. The maximum Gasteiger partial charge on any atom is 0.330 e. The average molecular weight is 294 g/mol. The standard InChI is InChI=1S/C13H18N4O2S/c1-8-7-20-12(15-8)9(2)14-6-10-5-11(18)17(4)13(19)16(10)3/h5,7,9,14H,6H2,1-4H3. The molecule has 0 spiro atoms. The summed E-state index contributed by atoms with van der Waals surface area (Å²) < 4.78 is 2.57. The van der Waals surface area contributed by atoms with Crippen molar-refractivity contribution in [1.82, 2.24) is 19.4 Å². The van der Waals surface area contributed by atoms with Crippen LogP contribution in [0.15, 0.2) is 21.0 Å². The Kier molecular flexibility index (Phi) is 4.20. The Morgan fingerprint density at radius 1 is 1.35 bits per heavy atom. The maximum absolute atomic E-state index is 11.8. The first-order chi connectivity index (χ1) is 9.40. The molecule has 1 N–H and O–H groups in total. The summed E-state index contributed by atoms with van der Waals surface area (Å²) in [6, 6.07) is 1.56. The van der Waals surface area contributed by atoms with Gasteiger partial charge in [-0.05, 0) is 13.8 Å². The number of aromatic nitrogens is 3. The first-order valence-corrected chi connectivity index (χ1v) is 7.19. The van der Waals surface area contributed by atoms with Gasteiger partial charge in [-0.1, -0.05) is 0 Å². The van der Waals surface area contributed by atoms with Crippen LogP contribution in [0.2, 0.25) is 0 Å². The van der Waals surface area contributed by atoms with E-state index in [4.69, 9.17) is 0 Å². The molecule has 2 heterocycles. The van der Waals surface area contributed by atoms with Crippen LogP contribution in [0.5, 0.6) is 0 Å². The normalized spacial score (nSPS) is 12.6. The molecule has 0 aliphatic rings. The Morgan fingerprint density at radius 2 is 2.05 bits per heavy atom. The lowest BCUT2D eigenvalue weighted by molar-refractivity contribution is 0.538. The molecule has 2 aromatic rings. The van der Waals surface area contributed by atoms with Crippen LogP contribution in [-0.2, 0) is 20.6 Å². The van der Waals surface area contributed by atoms with Gasteiger partial charge in [0.05, 0.1) is 6.04 Å². The Balaban J connectivity index is 2.16. The van der Waals surface area contributed by atoms with E-state index < -0.39 is 0 Å². The first-order valence-electron chi connectivity index (χ1n) is 6.31. The summed E-state index contributed by atoms with van der Waals surface area (Å²) in [5.74, 6) is 0. The maximum atomic E-state index is 11.8. The summed E-state index contributed by atoms with van der Waals surface area (Å²) in [6.45, 7) is 4.41. The lowest BCUT2D eigenvalue weighted by atomic mass is 10.3. The molecule has 6 nitrogen and oxygen atoms in total. The Bertz CT molecular complexity index is 729. The van der Waals surface area contributed by atoms with Gasteiger partial charge in [0.25, 0.3) is 5.56 Å². The van der Waals surface area contributed by atoms with Crippen molar-refractivity contribution in [3.8, 4) is 0 Å². The van der Waals surface area contributed by atoms with Gasteiger partial charge in [-0.2, -0.15) is 0 Å². The van der Waals surface area contributed by atoms with Gasteiger partial charge in [0.15, 0.2) is 0 Å². The number of nitrogens with zero attached hydrogens (tertiary/aromatic N) is 3. The molecular formula is C13H18N4O2S. The van der Waals surface area contributed by atoms with Crippen LogP contribution in [0.4, 0.5) is 0 Å². The number of hydrogen-bond donors (Lipinski definition) is 1. The molecule has 2 aromatic heterocycles. The van der Waals surface area contributed by atoms with Gasteiger partial charge in [-0.25, -0.2) is 9.78 Å². The molecule has 0 bridgehead atoms. The van der Waals surface area contributed by atoms with E-state index >= 15 is 0 Å². The lowest BCUT2D eigenvalue weighted by Crippen LogP contribution is -2.39. The Morgan fingerprint density at radius 3 is 2.65 bits per heavy atom. The fraction of sp³-hybridized carbons (Fsp3) is 0.462. The van der Waals surface area contributed by atoms with E-state index in [1.165, 1.54) is 17.7 Å². The van der Waals surface area contributed by atoms with Crippen molar-refractivity contribution in [2.24, 2.45) is 14.1 Å². The van der Waals surface area contributed by atoms with Crippen molar-refractivity contribution in [2.75, 3.05) is 0 Å². The minimum absolute atomic E-state index is 0.0767. The van der Waals surface area contributed by atoms with Crippen molar-refractivity contribution in [3.05, 3.63) is 48.7 Å². The molecule has 0 amide bonds. The minimum Gasteiger partial charge on any atom is -0.303 e. The van der Waals surface area contributed by atoms with E-state index in [2.05, 4.69) is 10.3 Å². The van der Waals surface area contributed by atoms with Gasteiger partial charge in [-0.3, -0.25) is 13.9 Å². The number of aryl methyl sites for hydroxylation is 1. The molecule has 0 aliphatic carbocycles. The highest BCUT2D eigenvalue weighted by atomic mass is 32.1. The second kappa shape index (κ2) is 5.72. The number of thiazole rings is 1. The van der Waals surface area contributed by atoms with Crippen molar-refractivity contribution >= 4 is 11.3 Å². The zero-order valence-electron chi connectivity index (χ0n) is 12.0. The van der Waals surface area contributed by atoms with Gasteiger partial charge in [0.2, 0.25) is 0 Å². The fourth-order valence-electron chi connectivity index (χ4n) is 1.86. The largest absolute Gasteiger partial charge is 0.330 e. The molecule has 2 rings (SSSR count). The third-order valence-electron chi connectivity index (χ3n) is 3.22. The molecule has 7 heteroatoms. The van der Waals surface area contributed by atoms with Crippen LogP contribution in [-0.4, -0.2) is 14.1 Å². The van der Waals surface area contributed by atoms with E-state index in [0.717, 1.165) is 15.3 Å². The highest BCUT2D eigenvalue weighted by Gasteiger charge is 2.11. The van der Waals surface area contributed by atoms with Crippen LogP contribution in [0.1, 0.15) is 29.4 Å².